The van der Waals surface area contributed by atoms with Crippen LogP contribution in [0.2, 0.25) is 0 Å². The number of carbonyl (C=O) groups is 2. The number of alkyl halides is 6. The number of anilines is 1. The van der Waals surface area contributed by atoms with E-state index in [2.05, 4.69) is 10.6 Å². The number of hydrogen-bond acceptors (Lipinski definition) is 6. The van der Waals surface area contributed by atoms with Crippen LogP contribution >= 0.6 is 0 Å². The predicted octanol–water partition coefficient (Wildman–Crippen LogP) is 3.40. The summed E-state index contributed by atoms with van der Waals surface area (Å²) in [5, 5.41) is 14.3. The number of carbonyl (C=O) groups excluding carboxylic acids is 2. The normalized spacial score (nSPS) is 19.7. The van der Waals surface area contributed by atoms with Gasteiger partial charge in [0.2, 0.25) is 0 Å². The first kappa shape index (κ1) is 32.5. The fourth-order valence-corrected chi connectivity index (χ4v) is 6.56. The Morgan fingerprint density at radius 1 is 0.930 bits per heavy atom. The zero-order valence-corrected chi connectivity index (χ0v) is 23.1. The Morgan fingerprint density at radius 3 is 2.05 bits per heavy atom. The zero-order valence-electron chi connectivity index (χ0n) is 22.3. The highest BCUT2D eigenvalue weighted by molar-refractivity contribution is 7.91. The third-order valence-corrected chi connectivity index (χ3v) is 9.06. The van der Waals surface area contributed by atoms with Gasteiger partial charge in [-0.2, -0.15) is 26.3 Å². The molecule has 2 aliphatic heterocycles. The number of halogens is 7. The lowest BCUT2D eigenvalue weighted by Crippen LogP contribution is -2.53. The van der Waals surface area contributed by atoms with Crippen molar-refractivity contribution in [1.29, 1.82) is 0 Å². The molecule has 3 amide bonds. The van der Waals surface area contributed by atoms with Crippen molar-refractivity contribution < 1.29 is 53.8 Å². The van der Waals surface area contributed by atoms with Gasteiger partial charge in [-0.25, -0.2) is 17.6 Å². The summed E-state index contributed by atoms with van der Waals surface area (Å²) in [5.74, 6) is -1.63. The minimum Gasteiger partial charge on any atom is -0.369 e. The van der Waals surface area contributed by atoms with Crippen LogP contribution in [0.5, 0.6) is 0 Å². The van der Waals surface area contributed by atoms with E-state index in [1.807, 2.05) is 4.90 Å². The molecule has 1 unspecified atom stereocenters. The first-order valence-corrected chi connectivity index (χ1v) is 14.8. The number of piperazine rings is 1. The number of benzene rings is 2. The van der Waals surface area contributed by atoms with Gasteiger partial charge in [-0.05, 0) is 30.2 Å². The van der Waals surface area contributed by atoms with Crippen LogP contribution in [0.25, 0.3) is 0 Å². The average Bonchev–Trinajstić information content (AvgIpc) is 3.26. The third kappa shape index (κ3) is 7.21. The fourth-order valence-electron chi connectivity index (χ4n) is 4.89. The number of nitrogens with one attached hydrogen (secondary N) is 2. The van der Waals surface area contributed by atoms with Gasteiger partial charge in [0.1, 0.15) is 5.82 Å². The Balaban J connectivity index is 1.30. The van der Waals surface area contributed by atoms with Gasteiger partial charge in [-0.15, -0.1) is 0 Å². The van der Waals surface area contributed by atoms with Crippen LogP contribution < -0.4 is 10.6 Å². The molecule has 0 aliphatic carbocycles. The van der Waals surface area contributed by atoms with E-state index in [4.69, 9.17) is 0 Å². The summed E-state index contributed by atoms with van der Waals surface area (Å²) in [6, 6.07) is 5.36. The van der Waals surface area contributed by atoms with E-state index in [0.717, 1.165) is 18.2 Å². The molecule has 4 rings (SSSR count). The molecule has 1 atom stereocenters. The molecule has 0 saturated carbocycles. The van der Waals surface area contributed by atoms with Crippen LogP contribution in [0.15, 0.2) is 42.5 Å². The summed E-state index contributed by atoms with van der Waals surface area (Å²) in [5.41, 5.74) is -6.18. The highest BCUT2D eigenvalue weighted by Crippen LogP contribution is 2.50. The number of rotatable bonds is 6. The average molecular weight is 641 g/mol. The Bertz CT molecular complexity index is 1440. The first-order chi connectivity index (χ1) is 19.9. The summed E-state index contributed by atoms with van der Waals surface area (Å²) >= 11 is 0. The van der Waals surface area contributed by atoms with Crippen molar-refractivity contribution in [3.8, 4) is 0 Å². The molecule has 2 saturated heterocycles. The van der Waals surface area contributed by atoms with Crippen LogP contribution in [-0.4, -0.2) is 91.3 Å². The highest BCUT2D eigenvalue weighted by Gasteiger charge is 2.71. The van der Waals surface area contributed by atoms with Crippen molar-refractivity contribution in [1.82, 2.24) is 15.1 Å². The number of nitrogens with zero attached hydrogens (tertiary/aromatic N) is 2. The van der Waals surface area contributed by atoms with Gasteiger partial charge in [0.25, 0.3) is 11.5 Å². The topological polar surface area (TPSA) is 119 Å². The standard InChI is InChI=1S/C26H27F7N4O5S/c27-20-13-17(3-6-21(20)35-23(39)34-19-7-12-43(41,42)15-19)22(38)37-10-8-36(9-11-37)14-16-1-4-18(5-2-16)24(40,25(28,29)30)26(31,32)33/h1-6,13,19,40H,7-12,14-15H2,(H2,34,35,39). The number of hydrogen-bond donors (Lipinski definition) is 3. The smallest absolute Gasteiger partial charge is 0.369 e. The van der Waals surface area contributed by atoms with Gasteiger partial charge in [-0.3, -0.25) is 9.69 Å². The number of urea groups is 1. The van der Waals surface area contributed by atoms with Gasteiger partial charge in [0, 0.05) is 49.9 Å². The van der Waals surface area contributed by atoms with Crippen LogP contribution in [0, 0.1) is 5.82 Å². The maximum atomic E-state index is 14.7. The molecule has 0 spiro atoms. The molecule has 9 nitrogen and oxygen atoms in total. The molecule has 2 aromatic carbocycles. The lowest BCUT2D eigenvalue weighted by atomic mass is 9.91. The van der Waals surface area contributed by atoms with Crippen molar-refractivity contribution >= 4 is 27.5 Å². The van der Waals surface area contributed by atoms with Crippen molar-refractivity contribution in [3.63, 3.8) is 0 Å². The molecule has 2 fully saturated rings. The second-order valence-corrected chi connectivity index (χ2v) is 12.6. The van der Waals surface area contributed by atoms with Gasteiger partial charge in [0.05, 0.1) is 17.2 Å². The second-order valence-electron chi connectivity index (χ2n) is 10.4. The lowest BCUT2D eigenvalue weighted by Gasteiger charge is -2.35. The Labute approximate surface area is 241 Å². The SMILES string of the molecule is O=C(Nc1ccc(C(=O)N2CCN(Cc3ccc(C(O)(C(F)(F)F)C(F)(F)F)cc3)CC2)cc1F)NC1CCS(=O)(=O)C1. The van der Waals surface area contributed by atoms with Crippen LogP contribution in [0.4, 0.5) is 41.2 Å². The summed E-state index contributed by atoms with van der Waals surface area (Å²) in [4.78, 5) is 28.3. The van der Waals surface area contributed by atoms with Gasteiger partial charge in [0.15, 0.2) is 9.84 Å². The summed E-state index contributed by atoms with van der Waals surface area (Å²) in [7, 11) is -3.22. The van der Waals surface area contributed by atoms with E-state index in [1.165, 1.54) is 17.0 Å². The number of amides is 3. The van der Waals surface area contributed by atoms with E-state index >= 15 is 0 Å². The largest absolute Gasteiger partial charge is 0.430 e. The van der Waals surface area contributed by atoms with Crippen LogP contribution in [0.3, 0.4) is 0 Å². The molecule has 0 aromatic heterocycles. The summed E-state index contributed by atoms with van der Waals surface area (Å²) in [6.45, 7) is 1.17. The number of aliphatic hydroxyl groups is 1. The zero-order chi connectivity index (χ0) is 31.8. The minimum atomic E-state index is -5.98. The minimum absolute atomic E-state index is 0.0104. The van der Waals surface area contributed by atoms with E-state index in [-0.39, 0.29) is 48.8 Å². The lowest BCUT2D eigenvalue weighted by molar-refractivity contribution is -0.376. The fraction of sp³-hybridized carbons (Fsp3) is 0.462. The number of sulfone groups is 1. The maximum absolute atomic E-state index is 14.7. The molecule has 43 heavy (non-hydrogen) atoms. The van der Waals surface area contributed by atoms with Gasteiger partial charge in [-0.1, -0.05) is 24.3 Å². The molecule has 17 heteroatoms. The van der Waals surface area contributed by atoms with Crippen molar-refractivity contribution in [2.45, 2.75) is 37.0 Å². The molecule has 2 aromatic rings. The van der Waals surface area contributed by atoms with Crippen LogP contribution in [0.1, 0.15) is 27.9 Å². The molecule has 0 bridgehead atoms. The van der Waals surface area contributed by atoms with Crippen LogP contribution in [-0.2, 0) is 22.0 Å². The predicted molar refractivity (Wildman–Crippen MR) is 139 cm³/mol. The third-order valence-electron chi connectivity index (χ3n) is 7.29. The van der Waals surface area contributed by atoms with E-state index < -0.39 is 57.2 Å². The molecule has 0 radical (unpaired) electrons. The monoisotopic (exact) mass is 640 g/mol. The van der Waals surface area contributed by atoms with Gasteiger partial charge < -0.3 is 20.6 Å². The van der Waals surface area contributed by atoms with E-state index in [0.29, 0.717) is 30.8 Å². The van der Waals surface area contributed by atoms with Gasteiger partial charge >= 0.3 is 18.4 Å². The molecule has 3 N–H and O–H groups in total. The van der Waals surface area contributed by atoms with Crippen molar-refractivity contribution in [2.75, 3.05) is 43.0 Å². The molecule has 236 valence electrons. The van der Waals surface area contributed by atoms with Crippen molar-refractivity contribution in [3.05, 3.63) is 65.0 Å². The van der Waals surface area contributed by atoms with E-state index in [9.17, 15) is 53.8 Å². The quantitative estimate of drug-likeness (QED) is 0.417. The molecule has 2 heterocycles. The second kappa shape index (κ2) is 11.9. The summed E-state index contributed by atoms with van der Waals surface area (Å²) in [6.07, 6.45) is -11.7. The highest BCUT2D eigenvalue weighted by atomic mass is 32.2. The first-order valence-electron chi connectivity index (χ1n) is 12.9. The summed E-state index contributed by atoms with van der Waals surface area (Å²) < 4.78 is 116. The van der Waals surface area contributed by atoms with Crippen molar-refractivity contribution in [2.24, 2.45) is 0 Å². The maximum Gasteiger partial charge on any atom is 0.430 e. The Kier molecular flexibility index (Phi) is 9.00. The Morgan fingerprint density at radius 2 is 1.53 bits per heavy atom. The molecule has 2 aliphatic rings. The Hall–Kier alpha value is -3.44. The molecular formula is C26H27F7N4O5S. The molecular weight excluding hydrogens is 613 g/mol. The van der Waals surface area contributed by atoms with E-state index in [1.54, 1.807) is 0 Å².